The van der Waals surface area contributed by atoms with Crippen LogP contribution >= 0.6 is 22.6 Å². The molecule has 0 aliphatic heterocycles. The predicted octanol–water partition coefficient (Wildman–Crippen LogP) is 5.56. The highest BCUT2D eigenvalue weighted by Crippen LogP contribution is 2.27. The molecule has 0 saturated heterocycles. The average molecular weight is 457 g/mol. The van der Waals surface area contributed by atoms with E-state index in [4.69, 9.17) is 4.74 Å². The second-order valence-corrected chi connectivity index (χ2v) is 9.54. The first-order chi connectivity index (χ1) is 11.7. The molecule has 4 heteroatoms. The molecule has 140 valence electrons. The van der Waals surface area contributed by atoms with E-state index in [-0.39, 0.29) is 21.5 Å². The van der Waals surface area contributed by atoms with Crippen LogP contribution in [-0.2, 0) is 10.2 Å². The van der Waals surface area contributed by atoms with Gasteiger partial charge in [0, 0.05) is 6.04 Å². The van der Waals surface area contributed by atoms with Crippen LogP contribution in [0.4, 0.5) is 0 Å². The Hall–Kier alpha value is -0.620. The summed E-state index contributed by atoms with van der Waals surface area (Å²) in [6.07, 6.45) is 6.35. The van der Waals surface area contributed by atoms with Crippen LogP contribution in [0.15, 0.2) is 24.3 Å². The molecule has 3 nitrogen and oxygen atoms in total. The molecule has 0 radical (unpaired) electrons. The van der Waals surface area contributed by atoms with Gasteiger partial charge in [-0.15, -0.1) is 0 Å². The Kier molecular flexibility index (Phi) is 7.32. The fraction of sp³-hybridized carbons (Fsp3) is 0.667. The average Bonchev–Trinajstić information content (AvgIpc) is 2.60. The van der Waals surface area contributed by atoms with E-state index < -0.39 is 0 Å². The number of nitrogens with zero attached hydrogens (tertiary/aromatic N) is 1. The molecular formula is C21H32INO2. The topological polar surface area (TPSA) is 29.5 Å². The molecular weight excluding hydrogens is 425 g/mol. The first kappa shape index (κ1) is 20.7. The Labute approximate surface area is 166 Å². The number of esters is 1. The lowest BCUT2D eigenvalue weighted by atomic mass is 9.87. The van der Waals surface area contributed by atoms with Gasteiger partial charge < -0.3 is 4.74 Å². The maximum atomic E-state index is 12.5. The number of likely N-dealkylation sites (N-methyl/N-ethyl adjacent to an activating group) is 1. The van der Waals surface area contributed by atoms with E-state index >= 15 is 0 Å². The Morgan fingerprint density at radius 2 is 1.72 bits per heavy atom. The number of hydrogen-bond acceptors (Lipinski definition) is 3. The van der Waals surface area contributed by atoms with E-state index in [1.807, 2.05) is 31.2 Å². The summed E-state index contributed by atoms with van der Waals surface area (Å²) < 4.78 is 5.94. The van der Waals surface area contributed by atoms with E-state index in [2.05, 4.69) is 55.3 Å². The van der Waals surface area contributed by atoms with Crippen molar-refractivity contribution in [2.75, 3.05) is 7.05 Å². The van der Waals surface area contributed by atoms with E-state index in [1.54, 1.807) is 0 Å². The van der Waals surface area contributed by atoms with Crippen molar-refractivity contribution in [2.45, 2.75) is 81.4 Å². The monoisotopic (exact) mass is 457 g/mol. The Morgan fingerprint density at radius 3 is 2.24 bits per heavy atom. The molecule has 0 spiro atoms. The number of hydrogen-bond donors (Lipinski definition) is 0. The summed E-state index contributed by atoms with van der Waals surface area (Å²) in [5, 5.41) is 0. The molecule has 2 rings (SSSR count). The van der Waals surface area contributed by atoms with Crippen molar-refractivity contribution in [3.63, 3.8) is 0 Å². The highest BCUT2D eigenvalue weighted by Gasteiger charge is 2.28. The zero-order valence-corrected chi connectivity index (χ0v) is 18.4. The fourth-order valence-corrected chi connectivity index (χ4v) is 4.02. The van der Waals surface area contributed by atoms with Gasteiger partial charge in [0.1, 0.15) is 6.10 Å². The van der Waals surface area contributed by atoms with Crippen LogP contribution in [0.1, 0.15) is 75.7 Å². The van der Waals surface area contributed by atoms with Crippen LogP contribution in [0.3, 0.4) is 0 Å². The summed E-state index contributed by atoms with van der Waals surface area (Å²) in [4.78, 5) is 14.9. The van der Waals surface area contributed by atoms with Crippen LogP contribution in [0, 0.1) is 0 Å². The highest BCUT2D eigenvalue weighted by atomic mass is 127. The van der Waals surface area contributed by atoms with E-state index in [0.29, 0.717) is 11.6 Å². The SMILES string of the molecule is CC(OC(=O)c1ccc(C(C)(C)C)cc1)C(I)N(C)C1CCCCC1. The molecule has 2 atom stereocenters. The Morgan fingerprint density at radius 1 is 1.16 bits per heavy atom. The van der Waals surface area contributed by atoms with Gasteiger partial charge in [0.05, 0.1) is 9.61 Å². The molecule has 1 saturated carbocycles. The third-order valence-electron chi connectivity index (χ3n) is 5.21. The molecule has 0 aromatic heterocycles. The standard InChI is InChI=1S/C21H32INO2/c1-15(19(22)23(5)18-9-7-6-8-10-18)25-20(24)16-11-13-17(14-12-16)21(2,3)4/h11-15,18-19H,6-10H2,1-5H3. The number of carbonyl (C=O) groups is 1. The van der Waals surface area contributed by atoms with Crippen LogP contribution in [0.2, 0.25) is 0 Å². The van der Waals surface area contributed by atoms with E-state index in [1.165, 1.54) is 37.7 Å². The van der Waals surface area contributed by atoms with E-state index in [0.717, 1.165) is 0 Å². The molecule has 1 aliphatic carbocycles. The Balaban J connectivity index is 1.94. The van der Waals surface area contributed by atoms with Crippen LogP contribution < -0.4 is 0 Å². The fourth-order valence-electron chi connectivity index (χ4n) is 3.42. The van der Waals surface area contributed by atoms with Gasteiger partial charge in [0.25, 0.3) is 0 Å². The first-order valence-corrected chi connectivity index (χ1v) is 10.6. The number of alkyl halides is 1. The van der Waals surface area contributed by atoms with Crippen LogP contribution in [0.25, 0.3) is 0 Å². The van der Waals surface area contributed by atoms with Gasteiger partial charge in [-0.2, -0.15) is 0 Å². The minimum absolute atomic E-state index is 0.0890. The summed E-state index contributed by atoms with van der Waals surface area (Å²) in [5.74, 6) is -0.230. The lowest BCUT2D eigenvalue weighted by molar-refractivity contribution is 0.0190. The molecule has 1 aliphatic rings. The number of halogens is 1. The number of carbonyl (C=O) groups excluding carboxylic acids is 1. The molecule has 0 N–H and O–H groups in total. The van der Waals surface area contributed by atoms with Gasteiger partial charge >= 0.3 is 5.97 Å². The normalized spacial score (nSPS) is 18.8. The third kappa shape index (κ3) is 5.68. The van der Waals surface area contributed by atoms with Crippen molar-refractivity contribution in [3.05, 3.63) is 35.4 Å². The predicted molar refractivity (Wildman–Crippen MR) is 112 cm³/mol. The molecule has 1 aromatic carbocycles. The van der Waals surface area contributed by atoms with Crippen molar-refractivity contribution in [1.29, 1.82) is 0 Å². The van der Waals surface area contributed by atoms with Crippen molar-refractivity contribution in [3.8, 4) is 0 Å². The summed E-state index contributed by atoms with van der Waals surface area (Å²) in [6.45, 7) is 8.51. The van der Waals surface area contributed by atoms with Crippen molar-refractivity contribution in [2.24, 2.45) is 0 Å². The van der Waals surface area contributed by atoms with Crippen molar-refractivity contribution >= 4 is 28.6 Å². The summed E-state index contributed by atoms with van der Waals surface area (Å²) >= 11 is 2.41. The lowest BCUT2D eigenvalue weighted by Crippen LogP contribution is -2.44. The third-order valence-corrected chi connectivity index (χ3v) is 7.10. The highest BCUT2D eigenvalue weighted by molar-refractivity contribution is 14.1. The van der Waals surface area contributed by atoms with Gasteiger partial charge in [-0.25, -0.2) is 4.79 Å². The summed E-state index contributed by atoms with van der Waals surface area (Å²) in [6, 6.07) is 8.42. The molecule has 0 bridgehead atoms. The second kappa shape index (κ2) is 8.85. The maximum absolute atomic E-state index is 12.5. The largest absolute Gasteiger partial charge is 0.457 e. The van der Waals surface area contributed by atoms with Gasteiger partial charge in [-0.05, 0) is 49.9 Å². The Bertz CT molecular complexity index is 558. The smallest absolute Gasteiger partial charge is 0.338 e. The van der Waals surface area contributed by atoms with Crippen molar-refractivity contribution < 1.29 is 9.53 Å². The molecule has 1 aromatic rings. The summed E-state index contributed by atoms with van der Waals surface area (Å²) in [5.41, 5.74) is 1.94. The summed E-state index contributed by atoms with van der Waals surface area (Å²) in [7, 11) is 2.16. The lowest BCUT2D eigenvalue weighted by Gasteiger charge is -2.36. The van der Waals surface area contributed by atoms with Gasteiger partial charge in [0.2, 0.25) is 0 Å². The van der Waals surface area contributed by atoms with Gasteiger partial charge in [-0.3, -0.25) is 4.90 Å². The van der Waals surface area contributed by atoms with E-state index in [9.17, 15) is 4.79 Å². The van der Waals surface area contributed by atoms with Crippen LogP contribution in [0.5, 0.6) is 0 Å². The quantitative estimate of drug-likeness (QED) is 0.251. The molecule has 2 unspecified atom stereocenters. The van der Waals surface area contributed by atoms with Gasteiger partial charge in [0.15, 0.2) is 0 Å². The van der Waals surface area contributed by atoms with Gasteiger partial charge in [-0.1, -0.05) is 74.8 Å². The second-order valence-electron chi connectivity index (χ2n) is 8.27. The molecule has 0 amide bonds. The minimum Gasteiger partial charge on any atom is -0.457 e. The molecule has 1 fully saturated rings. The maximum Gasteiger partial charge on any atom is 0.338 e. The number of rotatable bonds is 5. The molecule has 0 heterocycles. The number of ether oxygens (including phenoxy) is 1. The minimum atomic E-state index is -0.230. The zero-order valence-electron chi connectivity index (χ0n) is 16.2. The van der Waals surface area contributed by atoms with Crippen LogP contribution in [-0.4, -0.2) is 34.1 Å². The molecule has 25 heavy (non-hydrogen) atoms. The van der Waals surface area contributed by atoms with Crippen molar-refractivity contribution in [1.82, 2.24) is 4.90 Å². The first-order valence-electron chi connectivity index (χ1n) is 9.37. The number of benzene rings is 1. The zero-order chi connectivity index (χ0) is 18.6.